The summed E-state index contributed by atoms with van der Waals surface area (Å²) in [5, 5.41) is 20.1. The van der Waals surface area contributed by atoms with Crippen molar-refractivity contribution >= 4 is 17.5 Å². The van der Waals surface area contributed by atoms with Crippen molar-refractivity contribution in [2.24, 2.45) is 0 Å². The molecule has 0 spiro atoms. The molecule has 4 rings (SSSR count). The van der Waals surface area contributed by atoms with E-state index in [0.29, 0.717) is 30.0 Å². The number of hydrogen-bond acceptors (Lipinski definition) is 5. The number of piperidine rings is 1. The van der Waals surface area contributed by atoms with Crippen molar-refractivity contribution in [1.29, 1.82) is 0 Å². The van der Waals surface area contributed by atoms with E-state index in [9.17, 15) is 9.59 Å². The van der Waals surface area contributed by atoms with E-state index < -0.39 is 5.97 Å². The molecule has 1 saturated heterocycles. The fourth-order valence-corrected chi connectivity index (χ4v) is 3.51. The van der Waals surface area contributed by atoms with E-state index in [0.717, 1.165) is 24.1 Å². The molecule has 0 unspecified atom stereocenters. The van der Waals surface area contributed by atoms with E-state index in [-0.39, 0.29) is 18.2 Å². The number of carbonyl (C=O) groups excluding carboxylic acids is 1. The van der Waals surface area contributed by atoms with Crippen molar-refractivity contribution in [3.8, 4) is 0 Å². The highest BCUT2D eigenvalue weighted by Crippen LogP contribution is 2.28. The smallest absolute Gasteiger partial charge is 0.309 e. The van der Waals surface area contributed by atoms with Crippen molar-refractivity contribution in [2.45, 2.75) is 32.1 Å². The van der Waals surface area contributed by atoms with Crippen LogP contribution in [0.1, 0.15) is 46.1 Å². The number of likely N-dealkylation sites (tertiary alicyclic amines) is 1. The van der Waals surface area contributed by atoms with Crippen molar-refractivity contribution < 1.29 is 14.7 Å². The molecule has 1 aliphatic rings. The topological polar surface area (TPSA) is 116 Å². The number of carboxylic acid groups (broad SMARTS) is 1. The molecular formula is C18H20N6O3. The lowest BCUT2D eigenvalue weighted by atomic mass is 9.93. The first-order chi connectivity index (χ1) is 13.0. The standard InChI is InChI=1S/C18H20N6O3/c1-11-8-19-17-14(9-20-24(17)10-11)18(27)23-4-2-12(3-5-23)15-6-13(21-22-15)7-16(25)26/h6,8-10,12H,2-5,7H2,1H3,(H,21,22)(H,25,26). The number of nitrogens with one attached hydrogen (secondary N) is 1. The van der Waals surface area contributed by atoms with Crippen LogP contribution in [0.5, 0.6) is 0 Å². The maximum Gasteiger partial charge on any atom is 0.309 e. The Bertz CT molecular complexity index is 1000. The van der Waals surface area contributed by atoms with Crippen LogP contribution in [0.25, 0.3) is 5.65 Å². The molecule has 1 amide bonds. The molecule has 0 bridgehead atoms. The summed E-state index contributed by atoms with van der Waals surface area (Å²) in [7, 11) is 0. The number of nitrogens with zero attached hydrogens (tertiary/aromatic N) is 5. The van der Waals surface area contributed by atoms with Gasteiger partial charge in [-0.25, -0.2) is 9.50 Å². The van der Waals surface area contributed by atoms with Gasteiger partial charge in [0.25, 0.3) is 5.91 Å². The van der Waals surface area contributed by atoms with Gasteiger partial charge in [0.15, 0.2) is 5.65 Å². The van der Waals surface area contributed by atoms with Crippen molar-refractivity contribution in [1.82, 2.24) is 29.7 Å². The van der Waals surface area contributed by atoms with Gasteiger partial charge in [-0.1, -0.05) is 0 Å². The normalized spacial score (nSPS) is 15.4. The van der Waals surface area contributed by atoms with Gasteiger partial charge in [0.2, 0.25) is 0 Å². The Morgan fingerprint density at radius 1 is 1.30 bits per heavy atom. The zero-order valence-electron chi connectivity index (χ0n) is 14.9. The predicted molar refractivity (Wildman–Crippen MR) is 95.5 cm³/mol. The van der Waals surface area contributed by atoms with Crippen molar-refractivity contribution in [3.05, 3.63) is 47.2 Å². The highest BCUT2D eigenvalue weighted by molar-refractivity contribution is 5.99. The van der Waals surface area contributed by atoms with E-state index in [1.54, 1.807) is 16.9 Å². The van der Waals surface area contributed by atoms with Crippen LogP contribution in [0.3, 0.4) is 0 Å². The average Bonchev–Trinajstić information content (AvgIpc) is 3.27. The minimum Gasteiger partial charge on any atom is -0.481 e. The summed E-state index contributed by atoms with van der Waals surface area (Å²) in [6.07, 6.45) is 6.65. The number of hydrogen-bond donors (Lipinski definition) is 2. The Morgan fingerprint density at radius 3 is 2.81 bits per heavy atom. The number of H-pyrrole nitrogens is 1. The number of fused-ring (bicyclic) bond motifs is 1. The molecule has 1 fully saturated rings. The highest BCUT2D eigenvalue weighted by Gasteiger charge is 2.28. The number of aromatic nitrogens is 5. The van der Waals surface area contributed by atoms with E-state index in [2.05, 4.69) is 20.3 Å². The second kappa shape index (κ2) is 6.82. The molecule has 3 aromatic rings. The molecule has 2 N–H and O–H groups in total. The molecule has 3 aromatic heterocycles. The number of carbonyl (C=O) groups is 2. The number of carboxylic acids is 1. The molecule has 0 atom stereocenters. The highest BCUT2D eigenvalue weighted by atomic mass is 16.4. The molecule has 1 aliphatic heterocycles. The summed E-state index contributed by atoms with van der Waals surface area (Å²) >= 11 is 0. The predicted octanol–water partition coefficient (Wildman–Crippen LogP) is 1.41. The van der Waals surface area contributed by atoms with Gasteiger partial charge in [0, 0.05) is 37.1 Å². The number of aryl methyl sites for hydroxylation is 1. The summed E-state index contributed by atoms with van der Waals surface area (Å²) in [5.74, 6) is -0.728. The molecule has 0 radical (unpaired) electrons. The number of aliphatic carboxylic acids is 1. The molecule has 0 aromatic carbocycles. The van der Waals surface area contributed by atoms with Gasteiger partial charge in [0.05, 0.1) is 18.3 Å². The van der Waals surface area contributed by atoms with E-state index in [1.807, 2.05) is 24.1 Å². The Balaban J connectivity index is 1.43. The van der Waals surface area contributed by atoms with Crippen LogP contribution in [0.2, 0.25) is 0 Å². The first-order valence-electron chi connectivity index (χ1n) is 8.86. The number of aromatic amines is 1. The monoisotopic (exact) mass is 368 g/mol. The van der Waals surface area contributed by atoms with Gasteiger partial charge < -0.3 is 10.0 Å². The van der Waals surface area contributed by atoms with Crippen LogP contribution >= 0.6 is 0 Å². The lowest BCUT2D eigenvalue weighted by Crippen LogP contribution is -2.38. The first-order valence-corrected chi connectivity index (χ1v) is 8.86. The molecule has 0 aliphatic carbocycles. The molecule has 9 heteroatoms. The van der Waals surface area contributed by atoms with Crippen LogP contribution in [-0.4, -0.2) is 59.8 Å². The van der Waals surface area contributed by atoms with Crippen molar-refractivity contribution in [3.63, 3.8) is 0 Å². The average molecular weight is 368 g/mol. The van der Waals surface area contributed by atoms with Crippen LogP contribution in [0.4, 0.5) is 0 Å². The Labute approximate surface area is 155 Å². The van der Waals surface area contributed by atoms with Crippen LogP contribution in [-0.2, 0) is 11.2 Å². The zero-order chi connectivity index (χ0) is 19.0. The summed E-state index contributed by atoms with van der Waals surface area (Å²) < 4.78 is 1.63. The minimum absolute atomic E-state index is 0.0617. The lowest BCUT2D eigenvalue weighted by Gasteiger charge is -2.31. The third-order valence-electron chi connectivity index (χ3n) is 4.91. The quantitative estimate of drug-likeness (QED) is 0.719. The maximum absolute atomic E-state index is 12.9. The summed E-state index contributed by atoms with van der Waals surface area (Å²) in [6, 6.07) is 1.81. The van der Waals surface area contributed by atoms with Gasteiger partial charge in [-0.3, -0.25) is 14.7 Å². The van der Waals surface area contributed by atoms with E-state index >= 15 is 0 Å². The third kappa shape index (κ3) is 3.40. The molecule has 27 heavy (non-hydrogen) atoms. The Hall–Kier alpha value is -3.23. The minimum atomic E-state index is -0.886. The summed E-state index contributed by atoms with van der Waals surface area (Å²) in [4.78, 5) is 29.8. The molecular weight excluding hydrogens is 348 g/mol. The van der Waals surface area contributed by atoms with Crippen LogP contribution in [0.15, 0.2) is 24.7 Å². The summed E-state index contributed by atoms with van der Waals surface area (Å²) in [5.41, 5.74) is 3.53. The van der Waals surface area contributed by atoms with E-state index in [1.165, 1.54) is 0 Å². The summed E-state index contributed by atoms with van der Waals surface area (Å²) in [6.45, 7) is 3.17. The Kier molecular flexibility index (Phi) is 4.35. The molecule has 0 saturated carbocycles. The maximum atomic E-state index is 12.9. The van der Waals surface area contributed by atoms with Gasteiger partial charge >= 0.3 is 5.97 Å². The van der Waals surface area contributed by atoms with Gasteiger partial charge in [-0.15, -0.1) is 0 Å². The number of amides is 1. The zero-order valence-corrected chi connectivity index (χ0v) is 14.9. The second-order valence-electron chi connectivity index (χ2n) is 6.91. The fourth-order valence-electron chi connectivity index (χ4n) is 3.51. The molecule has 140 valence electrons. The van der Waals surface area contributed by atoms with Gasteiger partial charge in [-0.2, -0.15) is 10.2 Å². The van der Waals surface area contributed by atoms with Gasteiger partial charge in [0.1, 0.15) is 5.56 Å². The molecule has 4 heterocycles. The SMILES string of the molecule is Cc1cnc2c(C(=O)N3CCC(c4cc(CC(=O)O)[nH]n4)CC3)cnn2c1. The molecule has 9 nitrogen and oxygen atoms in total. The first kappa shape index (κ1) is 17.2. The largest absolute Gasteiger partial charge is 0.481 e. The number of rotatable bonds is 4. The van der Waals surface area contributed by atoms with Crippen LogP contribution < -0.4 is 0 Å². The fraction of sp³-hybridized carbons (Fsp3) is 0.389. The third-order valence-corrected chi connectivity index (χ3v) is 4.91. The van der Waals surface area contributed by atoms with E-state index in [4.69, 9.17) is 5.11 Å². The lowest BCUT2D eigenvalue weighted by molar-refractivity contribution is -0.136. The van der Waals surface area contributed by atoms with Crippen LogP contribution in [0, 0.1) is 6.92 Å². The Morgan fingerprint density at radius 2 is 2.07 bits per heavy atom. The van der Waals surface area contributed by atoms with Gasteiger partial charge in [-0.05, 0) is 31.4 Å². The second-order valence-corrected chi connectivity index (χ2v) is 6.91. The van der Waals surface area contributed by atoms with Crippen molar-refractivity contribution in [2.75, 3.05) is 13.1 Å².